The molecule has 2 N–H and O–H groups in total. The Morgan fingerprint density at radius 1 is 1.06 bits per heavy atom. The summed E-state index contributed by atoms with van der Waals surface area (Å²) in [6.07, 6.45) is 1.52. The van der Waals surface area contributed by atoms with Gasteiger partial charge in [-0.2, -0.15) is 0 Å². The van der Waals surface area contributed by atoms with E-state index in [9.17, 15) is 13.2 Å². The van der Waals surface area contributed by atoms with E-state index < -0.39 is 10.0 Å². The molecule has 0 aliphatic rings. The molecule has 0 aliphatic heterocycles. The molecule has 32 heavy (non-hydrogen) atoms. The first kappa shape index (κ1) is 23.2. The number of pyridine rings is 1. The first-order valence-electron chi connectivity index (χ1n) is 9.90. The highest BCUT2D eigenvalue weighted by Crippen LogP contribution is 2.26. The molecular weight excluding hydrogens is 430 g/mol. The highest BCUT2D eigenvalue weighted by molar-refractivity contribution is 7.92. The number of carbonyl (C=O) groups excluding carboxylic acids is 1. The molecule has 1 amide bonds. The summed E-state index contributed by atoms with van der Waals surface area (Å²) in [5.41, 5.74) is 2.19. The van der Waals surface area contributed by atoms with E-state index >= 15 is 0 Å². The molecule has 0 unspecified atom stereocenters. The fourth-order valence-corrected chi connectivity index (χ4v) is 4.31. The van der Waals surface area contributed by atoms with Crippen LogP contribution in [0.5, 0.6) is 11.6 Å². The van der Waals surface area contributed by atoms with Crippen molar-refractivity contribution in [1.82, 2.24) is 10.3 Å². The predicted molar refractivity (Wildman–Crippen MR) is 122 cm³/mol. The van der Waals surface area contributed by atoms with Gasteiger partial charge in [-0.25, -0.2) is 13.4 Å². The second-order valence-corrected chi connectivity index (χ2v) is 8.76. The van der Waals surface area contributed by atoms with E-state index in [0.29, 0.717) is 30.2 Å². The number of benzene rings is 2. The Morgan fingerprint density at radius 3 is 2.53 bits per heavy atom. The molecule has 0 atom stereocenters. The van der Waals surface area contributed by atoms with E-state index in [0.717, 1.165) is 5.56 Å². The van der Waals surface area contributed by atoms with Gasteiger partial charge in [0.25, 0.3) is 15.9 Å². The van der Waals surface area contributed by atoms with Gasteiger partial charge in [-0.1, -0.05) is 12.1 Å². The minimum Gasteiger partial charge on any atom is -0.438 e. The molecule has 3 rings (SSSR count). The molecule has 9 heteroatoms. The lowest BCUT2D eigenvalue weighted by Gasteiger charge is -2.13. The number of hydrogen-bond donors (Lipinski definition) is 2. The Labute approximate surface area is 187 Å². The summed E-state index contributed by atoms with van der Waals surface area (Å²) >= 11 is 0. The number of amides is 1. The molecule has 1 heterocycles. The first-order chi connectivity index (χ1) is 15.3. The third-order valence-electron chi connectivity index (χ3n) is 4.56. The second kappa shape index (κ2) is 10.3. The first-order valence-corrected chi connectivity index (χ1v) is 11.4. The van der Waals surface area contributed by atoms with Gasteiger partial charge in [0.2, 0.25) is 5.88 Å². The van der Waals surface area contributed by atoms with Crippen LogP contribution < -0.4 is 14.8 Å². The number of nitrogens with one attached hydrogen (secondary N) is 2. The number of carbonyl (C=O) groups is 1. The highest BCUT2D eigenvalue weighted by atomic mass is 32.2. The zero-order valence-electron chi connectivity index (χ0n) is 18.1. The molecule has 168 valence electrons. The van der Waals surface area contributed by atoms with Gasteiger partial charge < -0.3 is 14.8 Å². The molecule has 0 radical (unpaired) electrons. The maximum absolute atomic E-state index is 12.8. The van der Waals surface area contributed by atoms with Gasteiger partial charge in [0.05, 0.1) is 11.5 Å². The van der Waals surface area contributed by atoms with Gasteiger partial charge in [0, 0.05) is 25.5 Å². The van der Waals surface area contributed by atoms with E-state index in [2.05, 4.69) is 15.0 Å². The van der Waals surface area contributed by atoms with Crippen molar-refractivity contribution in [2.45, 2.75) is 18.7 Å². The molecule has 0 spiro atoms. The molecule has 0 saturated heterocycles. The van der Waals surface area contributed by atoms with Gasteiger partial charge in [-0.3, -0.25) is 9.52 Å². The lowest BCUT2D eigenvalue weighted by Crippen LogP contribution is -2.27. The zero-order chi connectivity index (χ0) is 23.1. The van der Waals surface area contributed by atoms with Crippen molar-refractivity contribution < 1.29 is 22.7 Å². The standard InChI is InChI=1S/C23H25N3O5S/c1-16-6-7-17(2)21(15-16)32(28,29)26-18-8-10-19(11-9-18)31-23-20(5-4-12-25-23)22(27)24-13-14-30-3/h4-12,15,26H,13-14H2,1-3H3,(H,24,27). The third-order valence-corrected chi connectivity index (χ3v) is 6.09. The number of aryl methyl sites for hydroxylation is 2. The topological polar surface area (TPSA) is 107 Å². The average Bonchev–Trinajstić information content (AvgIpc) is 2.77. The fraction of sp³-hybridized carbons (Fsp3) is 0.217. The quantitative estimate of drug-likeness (QED) is 0.477. The molecule has 0 bridgehead atoms. The summed E-state index contributed by atoms with van der Waals surface area (Å²) in [6.45, 7) is 4.34. The van der Waals surface area contributed by atoms with Crippen molar-refractivity contribution in [3.8, 4) is 11.6 Å². The summed E-state index contributed by atoms with van der Waals surface area (Å²) in [4.78, 5) is 16.7. The molecule has 1 aromatic heterocycles. The second-order valence-electron chi connectivity index (χ2n) is 7.11. The largest absolute Gasteiger partial charge is 0.438 e. The number of methoxy groups -OCH3 is 1. The summed E-state index contributed by atoms with van der Waals surface area (Å²) < 4.78 is 38.8. The van der Waals surface area contributed by atoms with Crippen LogP contribution in [0.1, 0.15) is 21.5 Å². The predicted octanol–water partition coefficient (Wildman–Crippen LogP) is 3.67. The van der Waals surface area contributed by atoms with Gasteiger partial charge >= 0.3 is 0 Å². The van der Waals surface area contributed by atoms with Crippen molar-refractivity contribution in [2.75, 3.05) is 25.0 Å². The number of rotatable bonds is 9. The van der Waals surface area contributed by atoms with Crippen molar-refractivity contribution in [3.63, 3.8) is 0 Å². The Kier molecular flexibility index (Phi) is 7.45. The number of sulfonamides is 1. The Bertz CT molecular complexity index is 1190. The lowest BCUT2D eigenvalue weighted by atomic mass is 10.2. The van der Waals surface area contributed by atoms with E-state index in [1.54, 1.807) is 62.6 Å². The molecule has 0 fully saturated rings. The Hall–Kier alpha value is -3.43. The molecule has 8 nitrogen and oxygen atoms in total. The SMILES string of the molecule is COCCNC(=O)c1cccnc1Oc1ccc(NS(=O)(=O)c2cc(C)ccc2C)cc1. The van der Waals surface area contributed by atoms with Crippen LogP contribution in [-0.2, 0) is 14.8 Å². The fourth-order valence-electron chi connectivity index (χ4n) is 2.92. The van der Waals surface area contributed by atoms with E-state index in [4.69, 9.17) is 9.47 Å². The molecule has 2 aromatic carbocycles. The van der Waals surface area contributed by atoms with Crippen molar-refractivity contribution in [3.05, 3.63) is 77.5 Å². The van der Waals surface area contributed by atoms with Crippen LogP contribution in [0, 0.1) is 13.8 Å². The summed E-state index contributed by atoms with van der Waals surface area (Å²) in [7, 11) is -2.18. The Morgan fingerprint density at radius 2 is 1.81 bits per heavy atom. The van der Waals surface area contributed by atoms with Gasteiger partial charge in [-0.05, 0) is 67.4 Å². The number of nitrogens with zero attached hydrogens (tertiary/aromatic N) is 1. The van der Waals surface area contributed by atoms with Crippen LogP contribution in [-0.4, -0.2) is 39.6 Å². The monoisotopic (exact) mass is 455 g/mol. The molecular formula is C23H25N3O5S. The van der Waals surface area contributed by atoms with Gasteiger partial charge in [0.15, 0.2) is 0 Å². The maximum atomic E-state index is 12.8. The minimum atomic E-state index is -3.73. The number of ether oxygens (including phenoxy) is 2. The maximum Gasteiger partial charge on any atom is 0.262 e. The summed E-state index contributed by atoms with van der Waals surface area (Å²) in [6, 6.07) is 14.9. The third kappa shape index (κ3) is 5.83. The Balaban J connectivity index is 1.73. The summed E-state index contributed by atoms with van der Waals surface area (Å²) in [5.74, 6) is 0.221. The zero-order valence-corrected chi connectivity index (χ0v) is 18.9. The summed E-state index contributed by atoms with van der Waals surface area (Å²) in [5, 5.41) is 2.72. The minimum absolute atomic E-state index is 0.145. The van der Waals surface area contributed by atoms with E-state index in [1.807, 2.05) is 13.0 Å². The average molecular weight is 456 g/mol. The van der Waals surface area contributed by atoms with Crippen LogP contribution in [0.25, 0.3) is 0 Å². The lowest BCUT2D eigenvalue weighted by molar-refractivity contribution is 0.0934. The number of anilines is 1. The normalized spacial score (nSPS) is 11.1. The van der Waals surface area contributed by atoms with Crippen molar-refractivity contribution in [2.24, 2.45) is 0 Å². The number of aromatic nitrogens is 1. The van der Waals surface area contributed by atoms with Crippen LogP contribution in [0.4, 0.5) is 5.69 Å². The smallest absolute Gasteiger partial charge is 0.262 e. The molecule has 0 saturated carbocycles. The number of hydrogen-bond acceptors (Lipinski definition) is 6. The van der Waals surface area contributed by atoms with Gasteiger partial charge in [0.1, 0.15) is 11.3 Å². The van der Waals surface area contributed by atoms with E-state index in [-0.39, 0.29) is 22.2 Å². The highest BCUT2D eigenvalue weighted by Gasteiger charge is 2.18. The van der Waals surface area contributed by atoms with Crippen LogP contribution in [0.15, 0.2) is 65.7 Å². The van der Waals surface area contributed by atoms with Gasteiger partial charge in [-0.15, -0.1) is 0 Å². The van der Waals surface area contributed by atoms with Crippen LogP contribution in [0.2, 0.25) is 0 Å². The molecule has 0 aliphatic carbocycles. The van der Waals surface area contributed by atoms with Crippen molar-refractivity contribution in [1.29, 1.82) is 0 Å². The van der Waals surface area contributed by atoms with Crippen LogP contribution in [0.3, 0.4) is 0 Å². The van der Waals surface area contributed by atoms with E-state index in [1.165, 1.54) is 6.20 Å². The molecule has 3 aromatic rings. The van der Waals surface area contributed by atoms with Crippen molar-refractivity contribution >= 4 is 21.6 Å². The van der Waals surface area contributed by atoms with Crippen LogP contribution >= 0.6 is 0 Å².